The standard InChI is InChI=1S/C4H6O4S.H3N/c5-3(6)1-2(9)4(7)8;/h2,9H,1H2,(H,5,6)(H,7,8);1H3. The fraction of sp³-hybridized carbons (Fsp3) is 0.500. The van der Waals surface area contributed by atoms with Crippen molar-refractivity contribution in [2.75, 3.05) is 0 Å². The maximum atomic E-state index is 9.78. The van der Waals surface area contributed by atoms with Gasteiger partial charge in [-0.25, -0.2) is 0 Å². The van der Waals surface area contributed by atoms with Crippen LogP contribution < -0.4 is 11.3 Å². The van der Waals surface area contributed by atoms with E-state index >= 15 is 0 Å². The van der Waals surface area contributed by atoms with E-state index in [0.29, 0.717) is 0 Å². The molecule has 0 aliphatic rings. The van der Waals surface area contributed by atoms with Crippen LogP contribution in [0.15, 0.2) is 0 Å². The summed E-state index contributed by atoms with van der Waals surface area (Å²) in [6.07, 6.45) is -0.508. The summed E-state index contributed by atoms with van der Waals surface area (Å²) in [4.78, 5) is 19.6. The summed E-state index contributed by atoms with van der Waals surface area (Å²) >= 11 is 3.42. The second-order valence-electron chi connectivity index (χ2n) is 1.43. The summed E-state index contributed by atoms with van der Waals surface area (Å²) in [5.74, 6) is -2.65. The lowest BCUT2D eigenvalue weighted by Gasteiger charge is -2.06. The lowest BCUT2D eigenvalue weighted by atomic mass is 10.3. The monoisotopic (exact) mass is 167 g/mol. The van der Waals surface area contributed by atoms with E-state index < -0.39 is 23.6 Å². The van der Waals surface area contributed by atoms with Crippen LogP contribution in [0, 0.1) is 0 Å². The molecule has 0 fully saturated rings. The normalized spacial score (nSPS) is 11.3. The first-order valence-electron chi connectivity index (χ1n) is 2.14. The van der Waals surface area contributed by atoms with Crippen LogP contribution in [0.1, 0.15) is 6.42 Å². The lowest BCUT2D eigenvalue weighted by molar-refractivity contribution is -0.304. The highest BCUT2D eigenvalue weighted by molar-refractivity contribution is 7.81. The van der Waals surface area contributed by atoms with E-state index in [1.165, 1.54) is 0 Å². The van der Waals surface area contributed by atoms with Crippen LogP contribution >= 0.6 is 12.6 Å². The third kappa shape index (κ3) is 5.39. The fourth-order valence-corrected chi connectivity index (χ4v) is 0.405. The van der Waals surface area contributed by atoms with Gasteiger partial charge in [0.2, 0.25) is 0 Å². The number of hydrogen-bond acceptors (Lipinski definition) is 4. The quantitative estimate of drug-likeness (QED) is 0.462. The number of carboxylic acids is 2. The second kappa shape index (κ2) is 5.07. The van der Waals surface area contributed by atoms with E-state index in [-0.39, 0.29) is 6.15 Å². The summed E-state index contributed by atoms with van der Waals surface area (Å²) < 4.78 is 0. The predicted molar refractivity (Wildman–Crippen MR) is 36.0 cm³/mol. The summed E-state index contributed by atoms with van der Waals surface area (Å²) in [6.45, 7) is 0. The molecule has 0 aromatic carbocycles. The molecule has 0 spiro atoms. The molecule has 6 heteroatoms. The van der Waals surface area contributed by atoms with Crippen molar-refractivity contribution in [2.24, 2.45) is 0 Å². The molecule has 0 radical (unpaired) electrons. The SMILES string of the molecule is O=C(O)CC(S)C(=O)[O-].[NH4+]. The Morgan fingerprint density at radius 3 is 2.10 bits per heavy atom. The van der Waals surface area contributed by atoms with Gasteiger partial charge < -0.3 is 21.2 Å². The minimum absolute atomic E-state index is 0. The van der Waals surface area contributed by atoms with Crippen molar-refractivity contribution in [3.63, 3.8) is 0 Å². The average Bonchev–Trinajstić information content (AvgIpc) is 1.63. The number of carbonyl (C=O) groups is 2. The number of aliphatic carboxylic acids is 2. The van der Waals surface area contributed by atoms with Gasteiger partial charge in [-0.1, -0.05) is 0 Å². The highest BCUT2D eigenvalue weighted by Crippen LogP contribution is 1.98. The first-order chi connectivity index (χ1) is 4.04. The van der Waals surface area contributed by atoms with E-state index in [1.807, 2.05) is 0 Å². The molecule has 1 unspecified atom stereocenters. The lowest BCUT2D eigenvalue weighted by Crippen LogP contribution is -2.33. The highest BCUT2D eigenvalue weighted by atomic mass is 32.1. The third-order valence-corrected chi connectivity index (χ3v) is 1.03. The zero-order valence-corrected chi connectivity index (χ0v) is 6.30. The Labute approximate surface area is 63.0 Å². The molecular formula is C4H9NO4S. The number of carboxylic acid groups (broad SMARTS) is 2. The van der Waals surface area contributed by atoms with Crippen molar-refractivity contribution in [2.45, 2.75) is 11.7 Å². The number of quaternary nitrogens is 1. The van der Waals surface area contributed by atoms with E-state index in [2.05, 4.69) is 12.6 Å². The van der Waals surface area contributed by atoms with Crippen LogP contribution in [-0.2, 0) is 9.59 Å². The molecule has 0 amide bonds. The van der Waals surface area contributed by atoms with Crippen LogP contribution in [0.2, 0.25) is 0 Å². The molecule has 0 aromatic rings. The van der Waals surface area contributed by atoms with Gasteiger partial charge in [0.05, 0.1) is 17.6 Å². The van der Waals surface area contributed by atoms with E-state index in [9.17, 15) is 14.7 Å². The molecular weight excluding hydrogens is 158 g/mol. The van der Waals surface area contributed by atoms with Crippen molar-refractivity contribution >= 4 is 24.6 Å². The van der Waals surface area contributed by atoms with Gasteiger partial charge in [0.25, 0.3) is 0 Å². The van der Waals surface area contributed by atoms with Crippen molar-refractivity contribution in [3.8, 4) is 0 Å². The Balaban J connectivity index is 0. The number of carbonyl (C=O) groups excluding carboxylic acids is 1. The maximum absolute atomic E-state index is 9.78. The van der Waals surface area contributed by atoms with Crippen LogP contribution in [0.3, 0.4) is 0 Å². The Morgan fingerprint density at radius 2 is 2.00 bits per heavy atom. The number of rotatable bonds is 3. The van der Waals surface area contributed by atoms with Gasteiger partial charge in [-0.05, 0) is 0 Å². The Bertz CT molecular complexity index is 137. The minimum Gasteiger partial charge on any atom is -0.549 e. The molecule has 0 aliphatic heterocycles. The molecule has 0 saturated carbocycles. The molecule has 0 aromatic heterocycles. The zero-order chi connectivity index (χ0) is 7.44. The Morgan fingerprint density at radius 1 is 1.60 bits per heavy atom. The molecule has 1 atom stereocenters. The topological polar surface area (TPSA) is 114 Å². The van der Waals surface area contributed by atoms with Gasteiger partial charge in [0.15, 0.2) is 0 Å². The molecule has 0 saturated heterocycles. The predicted octanol–water partition coefficient (Wildman–Crippen LogP) is -1.11. The smallest absolute Gasteiger partial charge is 0.304 e. The fourth-order valence-electron chi connectivity index (χ4n) is 0.249. The summed E-state index contributed by atoms with van der Waals surface area (Å²) in [5.41, 5.74) is 0. The van der Waals surface area contributed by atoms with Gasteiger partial charge in [0, 0.05) is 0 Å². The highest BCUT2D eigenvalue weighted by Gasteiger charge is 2.07. The largest absolute Gasteiger partial charge is 0.549 e. The number of hydrogen-bond donors (Lipinski definition) is 3. The molecule has 60 valence electrons. The van der Waals surface area contributed by atoms with Crippen molar-refractivity contribution in [1.82, 2.24) is 6.15 Å². The zero-order valence-electron chi connectivity index (χ0n) is 5.40. The summed E-state index contributed by atoms with van der Waals surface area (Å²) in [6, 6.07) is 0. The van der Waals surface area contributed by atoms with E-state index in [4.69, 9.17) is 5.11 Å². The number of thiol groups is 1. The van der Waals surface area contributed by atoms with Crippen LogP contribution in [-0.4, -0.2) is 22.3 Å². The molecule has 5 nitrogen and oxygen atoms in total. The second-order valence-corrected chi connectivity index (χ2v) is 2.06. The summed E-state index contributed by atoms with van der Waals surface area (Å²) in [7, 11) is 0. The third-order valence-electron chi connectivity index (χ3n) is 0.640. The summed E-state index contributed by atoms with van der Waals surface area (Å²) in [5, 5.41) is 16.6. The van der Waals surface area contributed by atoms with Crippen molar-refractivity contribution in [1.29, 1.82) is 0 Å². The van der Waals surface area contributed by atoms with Gasteiger partial charge in [0.1, 0.15) is 0 Å². The Kier molecular flexibility index (Phi) is 6.07. The average molecular weight is 167 g/mol. The van der Waals surface area contributed by atoms with E-state index in [1.54, 1.807) is 0 Å². The van der Waals surface area contributed by atoms with Crippen molar-refractivity contribution in [3.05, 3.63) is 0 Å². The van der Waals surface area contributed by atoms with Crippen LogP contribution in [0.5, 0.6) is 0 Å². The first kappa shape index (κ1) is 12.0. The van der Waals surface area contributed by atoms with Crippen molar-refractivity contribution < 1.29 is 19.8 Å². The molecule has 0 heterocycles. The molecule has 5 N–H and O–H groups in total. The minimum atomic E-state index is -1.46. The molecule has 0 rings (SSSR count). The van der Waals surface area contributed by atoms with Gasteiger partial charge in [-0.2, -0.15) is 12.6 Å². The van der Waals surface area contributed by atoms with E-state index in [0.717, 1.165) is 0 Å². The first-order valence-corrected chi connectivity index (χ1v) is 2.66. The van der Waals surface area contributed by atoms with Gasteiger partial charge >= 0.3 is 5.97 Å². The van der Waals surface area contributed by atoms with Crippen LogP contribution in [0.25, 0.3) is 0 Å². The molecule has 0 aliphatic carbocycles. The molecule has 0 bridgehead atoms. The molecule has 10 heavy (non-hydrogen) atoms. The van der Waals surface area contributed by atoms with Gasteiger partial charge in [-0.15, -0.1) is 0 Å². The maximum Gasteiger partial charge on any atom is 0.304 e. The Hall–Kier alpha value is -0.750. The van der Waals surface area contributed by atoms with Gasteiger partial charge in [-0.3, -0.25) is 4.79 Å². The van der Waals surface area contributed by atoms with Crippen LogP contribution in [0.4, 0.5) is 0 Å².